The summed E-state index contributed by atoms with van der Waals surface area (Å²) in [6, 6.07) is 3.08. The summed E-state index contributed by atoms with van der Waals surface area (Å²) in [4.78, 5) is 28.5. The van der Waals surface area contributed by atoms with E-state index in [0.717, 1.165) is 25.0 Å². The van der Waals surface area contributed by atoms with Crippen LogP contribution in [0.4, 0.5) is 23.8 Å². The van der Waals surface area contributed by atoms with Crippen molar-refractivity contribution >= 4 is 28.8 Å². The van der Waals surface area contributed by atoms with E-state index >= 15 is 0 Å². The van der Waals surface area contributed by atoms with Crippen LogP contribution in [0.2, 0.25) is 0 Å². The van der Waals surface area contributed by atoms with Crippen LogP contribution in [-0.4, -0.2) is 65.3 Å². The number of nitrogens with zero attached hydrogens (tertiary/aromatic N) is 3. The van der Waals surface area contributed by atoms with Gasteiger partial charge in [-0.05, 0) is 51.8 Å². The van der Waals surface area contributed by atoms with Crippen molar-refractivity contribution in [2.75, 3.05) is 38.0 Å². The Balaban J connectivity index is 1.35. The number of amides is 2. The van der Waals surface area contributed by atoms with Crippen LogP contribution in [0.15, 0.2) is 22.7 Å². The zero-order chi connectivity index (χ0) is 24.0. The summed E-state index contributed by atoms with van der Waals surface area (Å²) in [5.74, 6) is -0.0963. The van der Waals surface area contributed by atoms with Crippen molar-refractivity contribution in [2.24, 2.45) is 5.41 Å². The molecule has 2 aromatic rings. The molecule has 1 aromatic heterocycles. The maximum Gasteiger partial charge on any atom is 0.416 e. The van der Waals surface area contributed by atoms with Crippen molar-refractivity contribution in [2.45, 2.75) is 45.4 Å². The molecule has 2 fully saturated rings. The van der Waals surface area contributed by atoms with E-state index in [2.05, 4.69) is 10.5 Å². The molecule has 1 N–H and O–H groups in total. The minimum absolute atomic E-state index is 0.0929. The molecule has 2 aliphatic heterocycles. The Bertz CT molecular complexity index is 1060. The number of hydrogen-bond acceptors (Lipinski definition) is 6. The quantitative estimate of drug-likeness (QED) is 0.729. The van der Waals surface area contributed by atoms with Crippen molar-refractivity contribution in [1.29, 1.82) is 0 Å². The Hall–Kier alpha value is -2.98. The third-order valence-electron chi connectivity index (χ3n) is 6.09. The highest BCUT2D eigenvalue weighted by Crippen LogP contribution is 2.40. The number of carbonyl (C=O) groups is 2. The first-order valence-corrected chi connectivity index (χ1v) is 10.8. The molecule has 0 bridgehead atoms. The zero-order valence-electron chi connectivity index (χ0n) is 18.8. The number of aromatic nitrogens is 1. The fourth-order valence-electron chi connectivity index (χ4n) is 4.41. The first-order valence-electron chi connectivity index (χ1n) is 10.8. The lowest BCUT2D eigenvalue weighted by atomic mass is 9.86. The highest BCUT2D eigenvalue weighted by molar-refractivity contribution is 5.90. The molecule has 180 valence electrons. The number of likely N-dealkylation sites (tertiary alicyclic amines) is 2. The van der Waals surface area contributed by atoms with Crippen molar-refractivity contribution in [3.8, 4) is 0 Å². The Kier molecular flexibility index (Phi) is 5.69. The SMILES string of the molecule is CC(C)(C)OC(=O)N1CCC2(CCN(C(=O)CNc3noc4ccc(C(F)(F)F)cc34)C2)C1. The number of carbonyl (C=O) groups excluding carboxylic acids is 2. The van der Waals surface area contributed by atoms with E-state index in [0.29, 0.717) is 26.2 Å². The lowest BCUT2D eigenvalue weighted by molar-refractivity contribution is -0.137. The molecule has 3 heterocycles. The number of halogens is 3. The van der Waals surface area contributed by atoms with Gasteiger partial charge in [-0.15, -0.1) is 0 Å². The minimum atomic E-state index is -4.49. The Morgan fingerprint density at radius 3 is 2.48 bits per heavy atom. The van der Waals surface area contributed by atoms with Gasteiger partial charge in [-0.2, -0.15) is 13.2 Å². The van der Waals surface area contributed by atoms with Crippen LogP contribution >= 0.6 is 0 Å². The summed E-state index contributed by atoms with van der Waals surface area (Å²) in [7, 11) is 0. The fraction of sp³-hybridized carbons (Fsp3) is 0.591. The van der Waals surface area contributed by atoms with Gasteiger partial charge in [0, 0.05) is 31.6 Å². The number of hydrogen-bond donors (Lipinski definition) is 1. The highest BCUT2D eigenvalue weighted by atomic mass is 19.4. The third kappa shape index (κ3) is 5.01. The molecule has 2 amide bonds. The van der Waals surface area contributed by atoms with Gasteiger partial charge in [-0.3, -0.25) is 4.79 Å². The monoisotopic (exact) mass is 468 g/mol. The van der Waals surface area contributed by atoms with Gasteiger partial charge in [-0.25, -0.2) is 4.79 Å². The molecule has 1 spiro atoms. The van der Waals surface area contributed by atoms with E-state index in [-0.39, 0.29) is 40.7 Å². The second-order valence-electron chi connectivity index (χ2n) is 9.81. The number of rotatable bonds is 3. The van der Waals surface area contributed by atoms with Crippen LogP contribution in [-0.2, 0) is 15.7 Å². The van der Waals surface area contributed by atoms with Gasteiger partial charge in [0.1, 0.15) is 5.60 Å². The molecule has 1 unspecified atom stereocenters. The number of fused-ring (bicyclic) bond motifs is 1. The predicted molar refractivity (Wildman–Crippen MR) is 114 cm³/mol. The lowest BCUT2D eigenvalue weighted by Gasteiger charge is -2.27. The third-order valence-corrected chi connectivity index (χ3v) is 6.09. The van der Waals surface area contributed by atoms with Gasteiger partial charge in [0.2, 0.25) is 5.91 Å². The average molecular weight is 468 g/mol. The molecule has 33 heavy (non-hydrogen) atoms. The molecule has 8 nitrogen and oxygen atoms in total. The topological polar surface area (TPSA) is 87.9 Å². The number of benzene rings is 1. The van der Waals surface area contributed by atoms with Crippen LogP contribution in [0, 0.1) is 5.41 Å². The molecular formula is C22H27F3N4O4. The van der Waals surface area contributed by atoms with Crippen molar-refractivity contribution in [3.63, 3.8) is 0 Å². The molecule has 2 saturated heterocycles. The van der Waals surface area contributed by atoms with Crippen molar-refractivity contribution < 1.29 is 32.0 Å². The van der Waals surface area contributed by atoms with Gasteiger partial charge in [0.15, 0.2) is 11.4 Å². The molecule has 1 aromatic carbocycles. The summed E-state index contributed by atoms with van der Waals surface area (Å²) >= 11 is 0. The molecule has 0 radical (unpaired) electrons. The molecule has 2 aliphatic rings. The van der Waals surface area contributed by atoms with E-state index in [1.807, 2.05) is 20.8 Å². The van der Waals surface area contributed by atoms with Crippen LogP contribution in [0.1, 0.15) is 39.2 Å². The van der Waals surface area contributed by atoms with E-state index in [1.54, 1.807) is 9.80 Å². The van der Waals surface area contributed by atoms with E-state index < -0.39 is 17.3 Å². The van der Waals surface area contributed by atoms with E-state index in [9.17, 15) is 22.8 Å². The molecular weight excluding hydrogens is 441 g/mol. The van der Waals surface area contributed by atoms with Crippen molar-refractivity contribution in [1.82, 2.24) is 15.0 Å². The number of anilines is 1. The fourth-order valence-corrected chi connectivity index (χ4v) is 4.41. The molecule has 11 heteroatoms. The van der Waals surface area contributed by atoms with Gasteiger partial charge >= 0.3 is 12.3 Å². The van der Waals surface area contributed by atoms with Crippen LogP contribution in [0.3, 0.4) is 0 Å². The standard InChI is InChI=1S/C22H27F3N4O4/c1-20(2,3)32-19(31)29-9-7-21(13-29)6-8-28(12-21)17(30)11-26-18-15-10-14(22(23,24)25)4-5-16(15)33-27-18/h4-5,10H,6-9,11-13H2,1-3H3,(H,26,27). The van der Waals surface area contributed by atoms with Gasteiger partial charge < -0.3 is 24.4 Å². The van der Waals surface area contributed by atoms with Crippen LogP contribution < -0.4 is 5.32 Å². The summed E-state index contributed by atoms with van der Waals surface area (Å²) < 4.78 is 49.6. The average Bonchev–Trinajstić information content (AvgIpc) is 3.43. The summed E-state index contributed by atoms with van der Waals surface area (Å²) in [6.45, 7) is 7.54. The van der Waals surface area contributed by atoms with Gasteiger partial charge in [0.05, 0.1) is 17.5 Å². The van der Waals surface area contributed by atoms with Gasteiger partial charge in [-0.1, -0.05) is 5.16 Å². The molecule has 0 saturated carbocycles. The highest BCUT2D eigenvalue weighted by Gasteiger charge is 2.46. The minimum Gasteiger partial charge on any atom is -0.444 e. The summed E-state index contributed by atoms with van der Waals surface area (Å²) in [5, 5.41) is 6.74. The Morgan fingerprint density at radius 2 is 1.82 bits per heavy atom. The maximum absolute atomic E-state index is 13.0. The zero-order valence-corrected chi connectivity index (χ0v) is 18.8. The Morgan fingerprint density at radius 1 is 1.15 bits per heavy atom. The van der Waals surface area contributed by atoms with Crippen LogP contribution in [0.25, 0.3) is 11.0 Å². The molecule has 0 aliphatic carbocycles. The second kappa shape index (κ2) is 8.11. The largest absolute Gasteiger partial charge is 0.444 e. The molecule has 1 atom stereocenters. The second-order valence-corrected chi connectivity index (χ2v) is 9.81. The molecule has 4 rings (SSSR count). The van der Waals surface area contributed by atoms with Crippen molar-refractivity contribution in [3.05, 3.63) is 23.8 Å². The van der Waals surface area contributed by atoms with E-state index in [1.165, 1.54) is 6.07 Å². The smallest absolute Gasteiger partial charge is 0.416 e. The number of alkyl halides is 3. The summed E-state index contributed by atoms with van der Waals surface area (Å²) in [5.41, 5.74) is -1.34. The maximum atomic E-state index is 13.0. The van der Waals surface area contributed by atoms with Crippen LogP contribution in [0.5, 0.6) is 0 Å². The lowest BCUT2D eigenvalue weighted by Crippen LogP contribution is -2.39. The number of ether oxygens (including phenoxy) is 1. The normalized spacial score (nSPS) is 21.3. The first kappa shape index (κ1) is 23.2. The van der Waals surface area contributed by atoms with E-state index in [4.69, 9.17) is 9.26 Å². The predicted octanol–water partition coefficient (Wildman–Crippen LogP) is 4.12. The Labute approximate surface area is 189 Å². The van der Waals surface area contributed by atoms with Gasteiger partial charge in [0.25, 0.3) is 0 Å². The first-order chi connectivity index (χ1) is 15.4. The number of nitrogens with one attached hydrogen (secondary N) is 1. The summed E-state index contributed by atoms with van der Waals surface area (Å²) in [6.07, 6.45) is -3.27.